The summed E-state index contributed by atoms with van der Waals surface area (Å²) >= 11 is 3.33. The number of ether oxygens (including phenoxy) is 2. The van der Waals surface area contributed by atoms with Crippen LogP contribution in [-0.4, -0.2) is 67.6 Å². The van der Waals surface area contributed by atoms with E-state index in [-0.39, 0.29) is 25.8 Å². The lowest BCUT2D eigenvalue weighted by atomic mass is 10.2. The maximum absolute atomic E-state index is 14.0. The van der Waals surface area contributed by atoms with Gasteiger partial charge in [-0.2, -0.15) is 18.3 Å². The molecule has 1 aromatic carbocycles. The highest BCUT2D eigenvalue weighted by Crippen LogP contribution is 2.32. The van der Waals surface area contributed by atoms with E-state index in [9.17, 15) is 18.0 Å². The van der Waals surface area contributed by atoms with Gasteiger partial charge in [0.1, 0.15) is 17.0 Å². The van der Waals surface area contributed by atoms with E-state index in [1.54, 1.807) is 54.5 Å². The molecule has 1 aliphatic heterocycles. The highest BCUT2D eigenvalue weighted by Gasteiger charge is 2.38. The van der Waals surface area contributed by atoms with E-state index in [2.05, 4.69) is 51.5 Å². The van der Waals surface area contributed by atoms with Gasteiger partial charge in [0, 0.05) is 31.5 Å². The molecule has 16 heteroatoms. The molecule has 2 unspecified atom stereocenters. The second-order valence-electron chi connectivity index (χ2n) is 10.1. The molecular weight excluding hydrogens is 635 g/mol. The van der Waals surface area contributed by atoms with Crippen LogP contribution < -0.4 is 20.5 Å². The predicted octanol–water partition coefficient (Wildman–Crippen LogP) is 3.93. The van der Waals surface area contributed by atoms with Gasteiger partial charge >= 0.3 is 6.18 Å². The second kappa shape index (κ2) is 13.1. The van der Waals surface area contributed by atoms with Gasteiger partial charge in [0.15, 0.2) is 0 Å². The third-order valence-corrected chi connectivity index (χ3v) is 7.23. The first kappa shape index (κ1) is 30.4. The zero-order valence-corrected chi connectivity index (χ0v) is 24.9. The fourth-order valence-electron chi connectivity index (χ4n) is 4.70. The minimum absolute atomic E-state index is 0.0528. The molecule has 4 heterocycles. The molecule has 3 aromatic heterocycles. The normalized spacial score (nSPS) is 16.0. The van der Waals surface area contributed by atoms with E-state index in [0.29, 0.717) is 29.5 Å². The molecule has 4 aromatic rings. The largest absolute Gasteiger partial charge is 0.497 e. The quantitative estimate of drug-likeness (QED) is 0.252. The molecule has 1 N–H and O–H groups in total. The summed E-state index contributed by atoms with van der Waals surface area (Å²) in [5, 5.41) is 15.1. The number of benzene rings is 1. The zero-order chi connectivity index (χ0) is 30.6. The summed E-state index contributed by atoms with van der Waals surface area (Å²) in [4.78, 5) is 23.6. The highest BCUT2D eigenvalue weighted by molar-refractivity contribution is 9.10. The summed E-state index contributed by atoms with van der Waals surface area (Å²) < 4.78 is 56.0. The van der Waals surface area contributed by atoms with Crippen molar-refractivity contribution >= 4 is 27.6 Å². The van der Waals surface area contributed by atoms with Crippen LogP contribution in [0, 0.1) is 0 Å². The van der Waals surface area contributed by atoms with E-state index >= 15 is 0 Å². The van der Waals surface area contributed by atoms with Crippen LogP contribution in [0.25, 0.3) is 0 Å². The average Bonchev–Trinajstić information content (AvgIpc) is 3.65. The molecule has 228 valence electrons. The van der Waals surface area contributed by atoms with E-state index in [1.807, 2.05) is 0 Å². The first-order valence-corrected chi connectivity index (χ1v) is 14.2. The van der Waals surface area contributed by atoms with E-state index in [4.69, 9.17) is 9.47 Å². The number of alkyl halides is 3. The molecule has 0 spiro atoms. The third kappa shape index (κ3) is 7.48. The van der Waals surface area contributed by atoms with Crippen LogP contribution in [0.5, 0.6) is 5.75 Å². The van der Waals surface area contributed by atoms with Gasteiger partial charge < -0.3 is 19.7 Å². The summed E-state index contributed by atoms with van der Waals surface area (Å²) in [6.45, 7) is 3.16. The van der Waals surface area contributed by atoms with Crippen LogP contribution in [0.4, 0.5) is 24.8 Å². The van der Waals surface area contributed by atoms with Gasteiger partial charge in [-0.1, -0.05) is 17.3 Å². The molecule has 12 nitrogen and oxygen atoms in total. The molecule has 0 amide bonds. The summed E-state index contributed by atoms with van der Waals surface area (Å²) in [5.74, 6) is 1.24. The smallest absolute Gasteiger partial charge is 0.423 e. The highest BCUT2D eigenvalue weighted by atomic mass is 79.9. The molecule has 2 atom stereocenters. The van der Waals surface area contributed by atoms with Crippen molar-refractivity contribution in [2.45, 2.75) is 44.8 Å². The lowest BCUT2D eigenvalue weighted by Crippen LogP contribution is -2.34. The Labute approximate surface area is 253 Å². The van der Waals surface area contributed by atoms with Crippen LogP contribution >= 0.6 is 15.9 Å². The van der Waals surface area contributed by atoms with Crippen molar-refractivity contribution in [1.82, 2.24) is 34.7 Å². The first-order chi connectivity index (χ1) is 20.6. The number of hydrogen-bond donors (Lipinski definition) is 1. The number of halogens is 4. The summed E-state index contributed by atoms with van der Waals surface area (Å²) in [6.07, 6.45) is 2.17. The minimum Gasteiger partial charge on any atom is -0.497 e. The molecule has 0 saturated carbocycles. The molecule has 43 heavy (non-hydrogen) atoms. The number of nitrogens with zero attached hydrogens (tertiary/aromatic N) is 8. The van der Waals surface area contributed by atoms with Gasteiger partial charge in [-0.15, -0.1) is 5.10 Å². The topological polar surface area (TPSA) is 125 Å². The number of rotatable bonds is 11. The lowest BCUT2D eigenvalue weighted by molar-refractivity contribution is -0.138. The Bertz CT molecular complexity index is 1580. The van der Waals surface area contributed by atoms with Crippen molar-refractivity contribution in [2.75, 3.05) is 37.0 Å². The Kier molecular flexibility index (Phi) is 9.25. The van der Waals surface area contributed by atoms with Crippen molar-refractivity contribution in [2.24, 2.45) is 0 Å². The maximum atomic E-state index is 14.0. The molecule has 0 bridgehead atoms. The van der Waals surface area contributed by atoms with Crippen molar-refractivity contribution in [3.8, 4) is 5.75 Å². The van der Waals surface area contributed by atoms with Crippen LogP contribution in [0.1, 0.15) is 36.2 Å². The molecular formula is C27H29BrF3N9O3. The monoisotopic (exact) mass is 663 g/mol. The standard InChI is InChI=1S/C27H29BrF3N9O3/c1-17(15-43-16-20-13-39(37-36-20)21-7-8-38(14-21)26-32-9-19(28)10-33-26)35-23-11-34-40(25(41)24(23)27(29,30)31)12-18-3-5-22(42-2)6-4-18/h3-6,9-11,13,17,21,35H,7-8,12,14-16H2,1-2H3. The second-order valence-corrected chi connectivity index (χ2v) is 11.0. The Morgan fingerprint density at radius 2 is 1.91 bits per heavy atom. The minimum atomic E-state index is -4.89. The van der Waals surface area contributed by atoms with Crippen molar-refractivity contribution in [3.63, 3.8) is 0 Å². The van der Waals surface area contributed by atoms with Gasteiger partial charge in [-0.3, -0.25) is 4.79 Å². The molecule has 0 aliphatic carbocycles. The van der Waals surface area contributed by atoms with Crippen molar-refractivity contribution in [3.05, 3.63) is 80.7 Å². The Balaban J connectivity index is 1.16. The maximum Gasteiger partial charge on any atom is 0.423 e. The van der Waals surface area contributed by atoms with Gasteiger partial charge in [0.25, 0.3) is 5.56 Å². The van der Waals surface area contributed by atoms with Crippen LogP contribution in [-0.2, 0) is 24.1 Å². The van der Waals surface area contributed by atoms with Gasteiger partial charge in [0.05, 0.1) is 55.5 Å². The fraction of sp³-hybridized carbons (Fsp3) is 0.407. The lowest BCUT2D eigenvalue weighted by Gasteiger charge is -2.19. The van der Waals surface area contributed by atoms with Crippen LogP contribution in [0.15, 0.2) is 58.3 Å². The Morgan fingerprint density at radius 1 is 1.16 bits per heavy atom. The number of nitrogens with one attached hydrogen (secondary N) is 1. The van der Waals surface area contributed by atoms with E-state index in [0.717, 1.165) is 28.3 Å². The van der Waals surface area contributed by atoms with E-state index < -0.39 is 29.0 Å². The molecule has 0 radical (unpaired) electrons. The number of aromatic nitrogens is 7. The number of methoxy groups -OCH3 is 1. The van der Waals surface area contributed by atoms with Crippen molar-refractivity contribution < 1.29 is 22.6 Å². The van der Waals surface area contributed by atoms with Crippen LogP contribution in [0.3, 0.4) is 0 Å². The number of hydrogen-bond acceptors (Lipinski definition) is 10. The zero-order valence-electron chi connectivity index (χ0n) is 23.3. The van der Waals surface area contributed by atoms with Crippen molar-refractivity contribution in [1.29, 1.82) is 0 Å². The summed E-state index contributed by atoms with van der Waals surface area (Å²) in [5.41, 5.74) is -1.78. The molecule has 5 rings (SSSR count). The summed E-state index contributed by atoms with van der Waals surface area (Å²) in [7, 11) is 1.51. The molecule has 1 fully saturated rings. The Morgan fingerprint density at radius 3 is 2.60 bits per heavy atom. The SMILES string of the molecule is COc1ccc(Cn2ncc(NC(C)COCc3cn(C4CCN(c5ncc(Br)cn5)C4)nn3)c(C(F)(F)F)c2=O)cc1. The van der Waals surface area contributed by atoms with Gasteiger partial charge in [-0.05, 0) is 47.0 Å². The van der Waals surface area contributed by atoms with E-state index in [1.165, 1.54) is 7.11 Å². The summed E-state index contributed by atoms with van der Waals surface area (Å²) in [6, 6.07) is 6.16. The third-order valence-electron chi connectivity index (χ3n) is 6.82. The van der Waals surface area contributed by atoms with Gasteiger partial charge in [0.2, 0.25) is 5.95 Å². The number of anilines is 2. The molecule has 1 saturated heterocycles. The predicted molar refractivity (Wildman–Crippen MR) is 154 cm³/mol. The first-order valence-electron chi connectivity index (χ1n) is 13.4. The van der Waals surface area contributed by atoms with Crippen LogP contribution in [0.2, 0.25) is 0 Å². The Hall–Kier alpha value is -4.05. The fourth-order valence-corrected chi connectivity index (χ4v) is 4.91. The van der Waals surface area contributed by atoms with Gasteiger partial charge in [-0.25, -0.2) is 19.3 Å². The molecule has 1 aliphatic rings. The average molecular weight is 664 g/mol.